The van der Waals surface area contributed by atoms with Gasteiger partial charge in [-0.05, 0) is 40.8 Å². The zero-order valence-corrected chi connectivity index (χ0v) is 11.8. The zero-order chi connectivity index (χ0) is 13.3. The Bertz CT molecular complexity index is 589. The van der Waals surface area contributed by atoms with Gasteiger partial charge in [-0.1, -0.05) is 12.1 Å². The molecule has 0 aliphatic rings. The summed E-state index contributed by atoms with van der Waals surface area (Å²) in [6.45, 7) is 0. The molecule has 1 aromatic carbocycles. The van der Waals surface area contributed by atoms with E-state index >= 15 is 0 Å². The van der Waals surface area contributed by atoms with Gasteiger partial charge in [0, 0.05) is 16.5 Å². The Hall–Kier alpha value is -0.890. The van der Waals surface area contributed by atoms with Gasteiger partial charge in [-0.15, -0.1) is 11.3 Å². The van der Waals surface area contributed by atoms with Crippen molar-refractivity contribution in [2.45, 2.75) is 6.18 Å². The van der Waals surface area contributed by atoms with Crippen LogP contribution in [0.2, 0.25) is 0 Å². The number of hydrogen-bond acceptors (Lipinski definition) is 2. The zero-order valence-electron chi connectivity index (χ0n) is 8.79. The summed E-state index contributed by atoms with van der Waals surface area (Å²) in [5, 5.41) is 1.64. The molecule has 94 valence electrons. The van der Waals surface area contributed by atoms with Crippen LogP contribution >= 0.6 is 33.9 Å². The number of hydrogen-bond donors (Lipinski definition) is 0. The average molecular weight is 382 g/mol. The molecule has 0 saturated carbocycles. The Kier molecular flexibility index (Phi) is 3.76. The quantitative estimate of drug-likeness (QED) is 0.548. The fourth-order valence-corrected chi connectivity index (χ4v) is 2.76. The predicted octanol–water partition coefficient (Wildman–Crippen LogP) is 4.60. The van der Waals surface area contributed by atoms with Crippen molar-refractivity contribution in [3.8, 4) is 0 Å². The van der Waals surface area contributed by atoms with Gasteiger partial charge in [0.1, 0.15) is 0 Å². The predicted molar refractivity (Wildman–Crippen MR) is 71.9 cm³/mol. The van der Waals surface area contributed by atoms with Gasteiger partial charge in [0.25, 0.3) is 0 Å². The van der Waals surface area contributed by atoms with Crippen molar-refractivity contribution in [3.63, 3.8) is 0 Å². The second-order valence-electron chi connectivity index (χ2n) is 3.55. The summed E-state index contributed by atoms with van der Waals surface area (Å²) in [6, 6.07) is 6.13. The molecular formula is C12H6F3IOS. The van der Waals surface area contributed by atoms with Crippen LogP contribution < -0.4 is 0 Å². The standard InChI is InChI=1S/C12H6F3IOS/c13-12(14,15)9-3-1-2-7(4-9)11(17)8-5-10(16)18-6-8/h1-6H. The van der Waals surface area contributed by atoms with Gasteiger partial charge < -0.3 is 0 Å². The molecule has 18 heavy (non-hydrogen) atoms. The van der Waals surface area contributed by atoms with E-state index in [1.54, 1.807) is 11.4 Å². The monoisotopic (exact) mass is 382 g/mol. The van der Waals surface area contributed by atoms with E-state index in [-0.39, 0.29) is 11.3 Å². The Morgan fingerprint density at radius 3 is 2.44 bits per heavy atom. The van der Waals surface area contributed by atoms with E-state index in [1.807, 2.05) is 0 Å². The van der Waals surface area contributed by atoms with Crippen LogP contribution in [0.1, 0.15) is 21.5 Å². The van der Waals surface area contributed by atoms with Crippen LogP contribution in [0.5, 0.6) is 0 Å². The van der Waals surface area contributed by atoms with Gasteiger partial charge in [0.15, 0.2) is 5.78 Å². The highest BCUT2D eigenvalue weighted by atomic mass is 127. The number of rotatable bonds is 2. The Balaban J connectivity index is 2.37. The van der Waals surface area contributed by atoms with Gasteiger partial charge >= 0.3 is 6.18 Å². The summed E-state index contributed by atoms with van der Waals surface area (Å²) in [5.74, 6) is -0.389. The summed E-state index contributed by atoms with van der Waals surface area (Å²) < 4.78 is 38.5. The maximum absolute atomic E-state index is 12.5. The minimum Gasteiger partial charge on any atom is -0.289 e. The molecule has 0 fully saturated rings. The van der Waals surface area contributed by atoms with Crippen LogP contribution in [-0.4, -0.2) is 5.78 Å². The smallest absolute Gasteiger partial charge is 0.289 e. The van der Waals surface area contributed by atoms with Crippen molar-refractivity contribution in [1.29, 1.82) is 0 Å². The second-order valence-corrected chi connectivity index (χ2v) is 6.35. The summed E-state index contributed by atoms with van der Waals surface area (Å²) in [5.41, 5.74) is -0.332. The fourth-order valence-electron chi connectivity index (χ4n) is 1.43. The molecule has 0 saturated heterocycles. The molecule has 0 bridgehead atoms. The fraction of sp³-hybridized carbons (Fsp3) is 0.0833. The molecule has 0 amide bonds. The molecule has 0 aliphatic heterocycles. The minimum atomic E-state index is -4.43. The highest BCUT2D eigenvalue weighted by molar-refractivity contribution is 14.1. The molecule has 1 nitrogen and oxygen atoms in total. The van der Waals surface area contributed by atoms with E-state index in [1.165, 1.54) is 23.5 Å². The van der Waals surface area contributed by atoms with Crippen molar-refractivity contribution in [3.05, 3.63) is 55.3 Å². The van der Waals surface area contributed by atoms with Crippen LogP contribution in [0.4, 0.5) is 13.2 Å². The molecule has 0 N–H and O–H groups in total. The first-order chi connectivity index (χ1) is 8.38. The summed E-state index contributed by atoms with van der Waals surface area (Å²) in [7, 11) is 0. The average Bonchev–Trinajstić information content (AvgIpc) is 2.74. The molecule has 2 rings (SSSR count). The lowest BCUT2D eigenvalue weighted by atomic mass is 10.0. The molecule has 6 heteroatoms. The van der Waals surface area contributed by atoms with Crippen LogP contribution in [0.3, 0.4) is 0 Å². The summed E-state index contributed by atoms with van der Waals surface area (Å²) in [4.78, 5) is 12.0. The number of thiophene rings is 1. The minimum absolute atomic E-state index is 0.0547. The van der Waals surface area contributed by atoms with E-state index in [9.17, 15) is 18.0 Å². The number of halogens is 4. The van der Waals surface area contributed by atoms with E-state index in [0.29, 0.717) is 5.56 Å². The third-order valence-electron chi connectivity index (χ3n) is 2.28. The second kappa shape index (κ2) is 5.00. The van der Waals surface area contributed by atoms with Crippen LogP contribution in [0.15, 0.2) is 35.7 Å². The molecule has 0 radical (unpaired) electrons. The van der Waals surface area contributed by atoms with Crippen molar-refractivity contribution >= 4 is 39.7 Å². The summed E-state index contributed by atoms with van der Waals surface area (Å²) in [6.07, 6.45) is -4.43. The molecule has 1 heterocycles. The number of carbonyl (C=O) groups is 1. The molecule has 0 unspecified atom stereocenters. The lowest BCUT2D eigenvalue weighted by Crippen LogP contribution is -2.07. The Labute approximate surface area is 119 Å². The third-order valence-corrected chi connectivity index (χ3v) is 4.07. The summed E-state index contributed by atoms with van der Waals surface area (Å²) >= 11 is 3.44. The molecule has 0 aliphatic carbocycles. The lowest BCUT2D eigenvalue weighted by molar-refractivity contribution is -0.137. The van der Waals surface area contributed by atoms with Crippen molar-refractivity contribution in [2.75, 3.05) is 0 Å². The molecule has 1 aromatic heterocycles. The maximum Gasteiger partial charge on any atom is 0.416 e. The number of benzene rings is 1. The normalized spacial score (nSPS) is 11.6. The van der Waals surface area contributed by atoms with Crippen molar-refractivity contribution in [2.24, 2.45) is 0 Å². The molecule has 0 atom stereocenters. The molecule has 0 spiro atoms. The van der Waals surface area contributed by atoms with Gasteiger partial charge in [-0.2, -0.15) is 13.2 Å². The van der Waals surface area contributed by atoms with Crippen LogP contribution in [0.25, 0.3) is 0 Å². The van der Waals surface area contributed by atoms with Crippen molar-refractivity contribution in [1.82, 2.24) is 0 Å². The first-order valence-corrected chi connectivity index (χ1v) is 6.80. The van der Waals surface area contributed by atoms with Gasteiger partial charge in [0.2, 0.25) is 0 Å². The van der Waals surface area contributed by atoms with Crippen molar-refractivity contribution < 1.29 is 18.0 Å². The van der Waals surface area contributed by atoms with Crippen LogP contribution in [-0.2, 0) is 6.18 Å². The number of ketones is 1. The van der Waals surface area contributed by atoms with Gasteiger partial charge in [-0.25, -0.2) is 0 Å². The van der Waals surface area contributed by atoms with E-state index in [2.05, 4.69) is 22.6 Å². The molecular weight excluding hydrogens is 376 g/mol. The number of alkyl halides is 3. The van der Waals surface area contributed by atoms with Gasteiger partial charge in [0.05, 0.1) is 8.45 Å². The van der Waals surface area contributed by atoms with Crippen LogP contribution in [0, 0.1) is 2.88 Å². The lowest BCUT2D eigenvalue weighted by Gasteiger charge is -2.07. The highest BCUT2D eigenvalue weighted by Crippen LogP contribution is 2.30. The third kappa shape index (κ3) is 2.92. The van der Waals surface area contributed by atoms with E-state index < -0.39 is 11.7 Å². The SMILES string of the molecule is O=C(c1cccc(C(F)(F)F)c1)c1csc(I)c1. The van der Waals surface area contributed by atoms with E-state index in [0.717, 1.165) is 15.0 Å². The van der Waals surface area contributed by atoms with E-state index in [4.69, 9.17) is 0 Å². The number of carbonyl (C=O) groups excluding carboxylic acids is 1. The Morgan fingerprint density at radius 2 is 1.89 bits per heavy atom. The Morgan fingerprint density at radius 1 is 1.17 bits per heavy atom. The first-order valence-electron chi connectivity index (χ1n) is 4.84. The van der Waals surface area contributed by atoms with Gasteiger partial charge in [-0.3, -0.25) is 4.79 Å². The maximum atomic E-state index is 12.5. The topological polar surface area (TPSA) is 17.1 Å². The first kappa shape index (κ1) is 13.5. The largest absolute Gasteiger partial charge is 0.416 e. The molecule has 2 aromatic rings. The highest BCUT2D eigenvalue weighted by Gasteiger charge is 2.31.